The van der Waals surface area contributed by atoms with Gasteiger partial charge in [0.25, 0.3) is 15.9 Å². The number of sulfonamides is 1. The first-order chi connectivity index (χ1) is 13.1. The molecule has 0 saturated heterocycles. The van der Waals surface area contributed by atoms with Crippen LogP contribution < -0.4 is 10.0 Å². The molecule has 1 heterocycles. The maximum atomic E-state index is 13.3. The highest BCUT2D eigenvalue weighted by Gasteiger charge is 2.25. The van der Waals surface area contributed by atoms with Crippen LogP contribution in [-0.4, -0.2) is 24.5 Å². The van der Waals surface area contributed by atoms with E-state index in [0.717, 1.165) is 29.5 Å². The molecule has 3 N–H and O–H groups in total. The third-order valence-corrected chi connectivity index (χ3v) is 5.07. The Bertz CT molecular complexity index is 1120. The average molecular weight is 406 g/mol. The second kappa shape index (κ2) is 7.39. The highest BCUT2D eigenvalue weighted by molar-refractivity contribution is 7.92. The Kier molecular flexibility index (Phi) is 5.14. The number of halogens is 2. The minimum atomic E-state index is -4.16. The minimum absolute atomic E-state index is 0.158. The number of anilines is 2. The van der Waals surface area contributed by atoms with Crippen LogP contribution in [-0.2, 0) is 10.0 Å². The first kappa shape index (κ1) is 19.5. The van der Waals surface area contributed by atoms with Crippen molar-refractivity contribution in [2.45, 2.75) is 18.9 Å². The number of nitrogens with one attached hydrogen (secondary N) is 3. The summed E-state index contributed by atoms with van der Waals surface area (Å²) in [5.41, 5.74) is 1.57. The predicted octanol–water partition coefficient (Wildman–Crippen LogP) is 3.36. The van der Waals surface area contributed by atoms with Crippen LogP contribution in [0.5, 0.6) is 0 Å². The Balaban J connectivity index is 1.88. The van der Waals surface area contributed by atoms with Gasteiger partial charge in [0, 0.05) is 17.4 Å². The van der Waals surface area contributed by atoms with Crippen molar-refractivity contribution >= 4 is 27.3 Å². The molecule has 1 amide bonds. The lowest BCUT2D eigenvalue weighted by Gasteiger charge is -2.10. The summed E-state index contributed by atoms with van der Waals surface area (Å²) in [7, 11) is -4.16. The van der Waals surface area contributed by atoms with E-state index in [1.54, 1.807) is 12.1 Å². The molecule has 0 aliphatic carbocycles. The van der Waals surface area contributed by atoms with E-state index in [4.69, 9.17) is 0 Å². The summed E-state index contributed by atoms with van der Waals surface area (Å²) < 4.78 is 54.3. The first-order valence-corrected chi connectivity index (χ1v) is 9.54. The summed E-state index contributed by atoms with van der Waals surface area (Å²) in [5, 5.41) is 7.66. The lowest BCUT2D eigenvalue weighted by atomic mass is 10.1. The average Bonchev–Trinajstić information content (AvgIpc) is 3.02. The number of rotatable bonds is 5. The van der Waals surface area contributed by atoms with Crippen LogP contribution in [0.4, 0.5) is 20.2 Å². The number of hydrogen-bond acceptors (Lipinski definition) is 4. The van der Waals surface area contributed by atoms with Crippen LogP contribution in [0.25, 0.3) is 0 Å². The molecule has 0 aliphatic rings. The second-order valence-corrected chi connectivity index (χ2v) is 7.83. The molecular formula is C18H16F2N4O3S. The van der Waals surface area contributed by atoms with Crippen molar-refractivity contribution in [3.8, 4) is 0 Å². The number of carbonyl (C=O) groups excluding carboxylic acids is 1. The van der Waals surface area contributed by atoms with E-state index in [0.29, 0.717) is 11.8 Å². The highest BCUT2D eigenvalue weighted by Crippen LogP contribution is 2.21. The van der Waals surface area contributed by atoms with Crippen LogP contribution in [0, 0.1) is 25.5 Å². The van der Waals surface area contributed by atoms with Crippen molar-refractivity contribution in [1.82, 2.24) is 10.2 Å². The number of aryl methyl sites for hydroxylation is 2. The molecule has 0 saturated carbocycles. The Morgan fingerprint density at radius 2 is 1.57 bits per heavy atom. The van der Waals surface area contributed by atoms with Gasteiger partial charge in [0.05, 0.1) is 11.8 Å². The smallest absolute Gasteiger partial charge is 0.279 e. The molecular weight excluding hydrogens is 390 g/mol. The summed E-state index contributed by atoms with van der Waals surface area (Å²) in [6, 6.07) is 7.61. The molecule has 1 aromatic heterocycles. The fraction of sp³-hybridized carbons (Fsp3) is 0.111. The molecule has 28 heavy (non-hydrogen) atoms. The monoisotopic (exact) mass is 406 g/mol. The van der Waals surface area contributed by atoms with E-state index in [2.05, 4.69) is 20.2 Å². The number of aromatic amines is 1. The van der Waals surface area contributed by atoms with E-state index in [-0.39, 0.29) is 11.3 Å². The van der Waals surface area contributed by atoms with Crippen molar-refractivity contribution in [3.05, 3.63) is 70.9 Å². The Morgan fingerprint density at radius 3 is 2.18 bits per heavy atom. The number of carbonyl (C=O) groups is 1. The topological polar surface area (TPSA) is 104 Å². The van der Waals surface area contributed by atoms with Crippen LogP contribution in [0.2, 0.25) is 0 Å². The Labute approximate surface area is 159 Å². The zero-order valence-corrected chi connectivity index (χ0v) is 15.7. The third-order valence-electron chi connectivity index (χ3n) is 3.71. The van der Waals surface area contributed by atoms with E-state index in [1.165, 1.54) is 0 Å². The van der Waals surface area contributed by atoms with Crippen LogP contribution in [0.1, 0.15) is 21.5 Å². The number of H-pyrrole nitrogens is 1. The summed E-state index contributed by atoms with van der Waals surface area (Å²) in [5.74, 6) is -2.65. The molecule has 0 spiro atoms. The van der Waals surface area contributed by atoms with Crippen molar-refractivity contribution in [3.63, 3.8) is 0 Å². The summed E-state index contributed by atoms with van der Waals surface area (Å²) >= 11 is 0. The molecule has 0 unspecified atom stereocenters. The molecule has 0 fully saturated rings. The highest BCUT2D eigenvalue weighted by atomic mass is 32.2. The van der Waals surface area contributed by atoms with E-state index in [9.17, 15) is 22.0 Å². The Hall–Kier alpha value is -3.27. The molecule has 146 valence electrons. The van der Waals surface area contributed by atoms with Gasteiger partial charge in [0.2, 0.25) is 0 Å². The molecule has 3 aromatic rings. The van der Waals surface area contributed by atoms with Crippen LogP contribution in [0.15, 0.2) is 47.6 Å². The maximum absolute atomic E-state index is 13.3. The fourth-order valence-electron chi connectivity index (χ4n) is 2.71. The zero-order chi connectivity index (χ0) is 20.5. The summed E-state index contributed by atoms with van der Waals surface area (Å²) in [6.07, 6.45) is 1.01. The van der Waals surface area contributed by atoms with Gasteiger partial charge in [0.1, 0.15) is 11.6 Å². The second-order valence-electron chi connectivity index (χ2n) is 6.21. The maximum Gasteiger partial charge on any atom is 0.279 e. The van der Waals surface area contributed by atoms with Gasteiger partial charge in [-0.3, -0.25) is 14.6 Å². The fourth-order valence-corrected chi connectivity index (χ4v) is 3.84. The van der Waals surface area contributed by atoms with Crippen molar-refractivity contribution in [1.29, 1.82) is 0 Å². The number of nitrogens with zero attached hydrogens (tertiary/aromatic N) is 1. The van der Waals surface area contributed by atoms with Gasteiger partial charge in [-0.25, -0.2) is 8.78 Å². The van der Waals surface area contributed by atoms with Gasteiger partial charge in [-0.05, 0) is 49.2 Å². The molecule has 0 bridgehead atoms. The standard InChI is InChI=1S/C18H16F2N4O3S/c1-10-3-11(2)5-15(4-10)24-28(26,27)18-16(9-21-23-18)17(25)22-14-7-12(19)6-13(20)8-14/h3-9,24H,1-2H3,(H,21,23)(H,22,25). The largest absolute Gasteiger partial charge is 0.322 e. The normalized spacial score (nSPS) is 11.3. The molecule has 0 radical (unpaired) electrons. The van der Waals surface area contributed by atoms with Crippen LogP contribution in [0.3, 0.4) is 0 Å². The van der Waals surface area contributed by atoms with Gasteiger partial charge in [0.15, 0.2) is 5.03 Å². The lowest BCUT2D eigenvalue weighted by molar-refractivity contribution is 0.102. The minimum Gasteiger partial charge on any atom is -0.322 e. The molecule has 10 heteroatoms. The van der Waals surface area contributed by atoms with Gasteiger partial charge < -0.3 is 5.32 Å². The van der Waals surface area contributed by atoms with Crippen molar-refractivity contribution < 1.29 is 22.0 Å². The number of aromatic nitrogens is 2. The zero-order valence-electron chi connectivity index (χ0n) is 14.9. The summed E-state index contributed by atoms with van der Waals surface area (Å²) in [6.45, 7) is 3.63. The number of hydrogen-bond donors (Lipinski definition) is 3. The quantitative estimate of drug-likeness (QED) is 0.604. The lowest BCUT2D eigenvalue weighted by Crippen LogP contribution is -2.20. The molecule has 0 atom stereocenters. The molecule has 0 aliphatic heterocycles. The van der Waals surface area contributed by atoms with Gasteiger partial charge >= 0.3 is 0 Å². The van der Waals surface area contributed by atoms with Crippen molar-refractivity contribution in [2.24, 2.45) is 0 Å². The first-order valence-electron chi connectivity index (χ1n) is 8.06. The van der Waals surface area contributed by atoms with Crippen LogP contribution >= 0.6 is 0 Å². The number of benzene rings is 2. The van der Waals surface area contributed by atoms with Gasteiger partial charge in [-0.1, -0.05) is 6.07 Å². The van der Waals surface area contributed by atoms with Gasteiger partial charge in [-0.2, -0.15) is 13.5 Å². The van der Waals surface area contributed by atoms with E-state index >= 15 is 0 Å². The van der Waals surface area contributed by atoms with Crippen molar-refractivity contribution in [2.75, 3.05) is 10.0 Å². The Morgan fingerprint density at radius 1 is 0.964 bits per heavy atom. The summed E-state index contributed by atoms with van der Waals surface area (Å²) in [4.78, 5) is 12.4. The molecule has 7 nitrogen and oxygen atoms in total. The SMILES string of the molecule is Cc1cc(C)cc(NS(=O)(=O)c2[nH]ncc2C(=O)Nc2cc(F)cc(F)c2)c1. The predicted molar refractivity (Wildman–Crippen MR) is 99.6 cm³/mol. The van der Waals surface area contributed by atoms with Gasteiger partial charge in [-0.15, -0.1) is 0 Å². The molecule has 3 rings (SSSR count). The third kappa shape index (κ3) is 4.34. The van der Waals surface area contributed by atoms with E-state index < -0.39 is 32.6 Å². The molecule has 2 aromatic carbocycles. The number of amides is 1. The van der Waals surface area contributed by atoms with E-state index in [1.807, 2.05) is 19.9 Å².